The zero-order chi connectivity index (χ0) is 14.5. The van der Waals surface area contributed by atoms with E-state index in [1.807, 2.05) is 36.4 Å². The normalized spacial score (nSPS) is 12.4. The monoisotopic (exact) mass is 418 g/mol. The molecule has 0 N–H and O–H groups in total. The Balaban J connectivity index is 2.11. The molecular formula is C16H14Br2ClF. The summed E-state index contributed by atoms with van der Waals surface area (Å²) in [6, 6.07) is 13.0. The molecule has 0 saturated heterocycles. The highest BCUT2D eigenvalue weighted by Crippen LogP contribution is 2.24. The van der Waals surface area contributed by atoms with E-state index in [9.17, 15) is 4.39 Å². The SMILES string of the molecule is Fc1cc(Br)ccc1CC(CBr)Cc1ccccc1Cl. The van der Waals surface area contributed by atoms with Gasteiger partial charge in [0.15, 0.2) is 0 Å². The van der Waals surface area contributed by atoms with Gasteiger partial charge in [0.05, 0.1) is 0 Å². The molecule has 0 bridgehead atoms. The van der Waals surface area contributed by atoms with Crippen LogP contribution < -0.4 is 0 Å². The number of alkyl halides is 1. The Kier molecular flexibility index (Phi) is 6.06. The fourth-order valence-electron chi connectivity index (χ4n) is 2.15. The van der Waals surface area contributed by atoms with Gasteiger partial charge in [0.25, 0.3) is 0 Å². The second-order valence-electron chi connectivity index (χ2n) is 4.76. The van der Waals surface area contributed by atoms with Crippen LogP contribution >= 0.6 is 43.5 Å². The molecule has 0 radical (unpaired) electrons. The van der Waals surface area contributed by atoms with E-state index in [1.54, 1.807) is 0 Å². The quantitative estimate of drug-likeness (QED) is 0.518. The molecule has 0 spiro atoms. The Morgan fingerprint density at radius 1 is 1.05 bits per heavy atom. The molecule has 0 aliphatic heterocycles. The minimum atomic E-state index is -0.163. The lowest BCUT2D eigenvalue weighted by molar-refractivity contribution is 0.550. The minimum Gasteiger partial charge on any atom is -0.207 e. The number of rotatable bonds is 5. The van der Waals surface area contributed by atoms with E-state index in [0.29, 0.717) is 12.3 Å². The van der Waals surface area contributed by atoms with Crippen LogP contribution in [0.1, 0.15) is 11.1 Å². The van der Waals surface area contributed by atoms with Crippen LogP contribution in [0.4, 0.5) is 4.39 Å². The first-order chi connectivity index (χ1) is 9.60. The second-order valence-corrected chi connectivity index (χ2v) is 6.73. The Hall–Kier alpha value is -0.380. The molecule has 0 saturated carbocycles. The van der Waals surface area contributed by atoms with Crippen molar-refractivity contribution in [1.82, 2.24) is 0 Å². The van der Waals surface area contributed by atoms with Crippen molar-refractivity contribution in [2.45, 2.75) is 12.8 Å². The van der Waals surface area contributed by atoms with E-state index in [-0.39, 0.29) is 5.82 Å². The zero-order valence-corrected chi connectivity index (χ0v) is 14.7. The molecule has 1 atom stereocenters. The third-order valence-electron chi connectivity index (χ3n) is 3.21. The van der Waals surface area contributed by atoms with E-state index in [2.05, 4.69) is 31.9 Å². The first-order valence-electron chi connectivity index (χ1n) is 6.33. The summed E-state index contributed by atoms with van der Waals surface area (Å²) in [5.74, 6) is 0.148. The molecule has 2 aromatic carbocycles. The Labute approximate surface area is 140 Å². The van der Waals surface area contributed by atoms with Crippen molar-refractivity contribution < 1.29 is 4.39 Å². The van der Waals surface area contributed by atoms with Crippen LogP contribution in [0.15, 0.2) is 46.9 Å². The summed E-state index contributed by atoms with van der Waals surface area (Å²) in [6.07, 6.45) is 1.52. The highest BCUT2D eigenvalue weighted by molar-refractivity contribution is 9.10. The number of hydrogen-bond donors (Lipinski definition) is 0. The third kappa shape index (κ3) is 4.31. The molecule has 0 nitrogen and oxygen atoms in total. The fraction of sp³-hybridized carbons (Fsp3) is 0.250. The van der Waals surface area contributed by atoms with E-state index >= 15 is 0 Å². The second kappa shape index (κ2) is 7.58. The summed E-state index contributed by atoms with van der Waals surface area (Å²) >= 11 is 13.0. The van der Waals surface area contributed by atoms with Crippen molar-refractivity contribution in [1.29, 1.82) is 0 Å². The minimum absolute atomic E-state index is 0.163. The van der Waals surface area contributed by atoms with Crippen LogP contribution in [0.3, 0.4) is 0 Å². The largest absolute Gasteiger partial charge is 0.207 e. The van der Waals surface area contributed by atoms with Gasteiger partial charge >= 0.3 is 0 Å². The van der Waals surface area contributed by atoms with Crippen LogP contribution in [0, 0.1) is 11.7 Å². The molecule has 1 unspecified atom stereocenters. The van der Waals surface area contributed by atoms with Crippen molar-refractivity contribution in [3.8, 4) is 0 Å². The zero-order valence-electron chi connectivity index (χ0n) is 10.8. The van der Waals surface area contributed by atoms with Crippen LogP contribution in [-0.4, -0.2) is 5.33 Å². The molecule has 0 heterocycles. The van der Waals surface area contributed by atoms with Crippen LogP contribution in [0.25, 0.3) is 0 Å². The van der Waals surface area contributed by atoms with Gasteiger partial charge < -0.3 is 0 Å². The summed E-state index contributed by atoms with van der Waals surface area (Å²) in [4.78, 5) is 0. The summed E-state index contributed by atoms with van der Waals surface area (Å²) in [7, 11) is 0. The van der Waals surface area contributed by atoms with Crippen LogP contribution in [0.2, 0.25) is 5.02 Å². The highest BCUT2D eigenvalue weighted by Gasteiger charge is 2.14. The molecule has 0 aliphatic rings. The third-order valence-corrected chi connectivity index (χ3v) is 4.99. The van der Waals surface area contributed by atoms with E-state index < -0.39 is 0 Å². The lowest BCUT2D eigenvalue weighted by atomic mass is 9.94. The van der Waals surface area contributed by atoms with Crippen molar-refractivity contribution in [3.63, 3.8) is 0 Å². The maximum atomic E-state index is 13.9. The Morgan fingerprint density at radius 2 is 1.75 bits per heavy atom. The van der Waals surface area contributed by atoms with Gasteiger partial charge in [-0.25, -0.2) is 4.39 Å². The summed E-state index contributed by atoms with van der Waals surface area (Å²) in [5.41, 5.74) is 1.85. The van der Waals surface area contributed by atoms with Gasteiger partial charge in [0.1, 0.15) is 5.82 Å². The van der Waals surface area contributed by atoms with Gasteiger partial charge in [-0.15, -0.1) is 0 Å². The summed E-state index contributed by atoms with van der Waals surface area (Å²) in [6.45, 7) is 0. The number of halogens is 4. The fourth-order valence-corrected chi connectivity index (χ4v) is 3.16. The molecule has 0 aliphatic carbocycles. The molecule has 2 aromatic rings. The Bertz CT molecular complexity index is 586. The first-order valence-corrected chi connectivity index (χ1v) is 8.62. The highest BCUT2D eigenvalue weighted by atomic mass is 79.9. The summed E-state index contributed by atoms with van der Waals surface area (Å²) in [5, 5.41) is 1.59. The molecular weight excluding hydrogens is 406 g/mol. The van der Waals surface area contributed by atoms with Crippen molar-refractivity contribution in [2.24, 2.45) is 5.92 Å². The van der Waals surface area contributed by atoms with Gasteiger partial charge in [-0.05, 0) is 48.1 Å². The topological polar surface area (TPSA) is 0 Å². The summed E-state index contributed by atoms with van der Waals surface area (Å²) < 4.78 is 14.7. The van der Waals surface area contributed by atoms with Crippen molar-refractivity contribution >= 4 is 43.5 Å². The molecule has 106 valence electrons. The average molecular weight is 421 g/mol. The van der Waals surface area contributed by atoms with Gasteiger partial charge in [0, 0.05) is 14.8 Å². The van der Waals surface area contributed by atoms with Crippen LogP contribution in [-0.2, 0) is 12.8 Å². The molecule has 20 heavy (non-hydrogen) atoms. The van der Waals surface area contributed by atoms with Crippen molar-refractivity contribution in [3.05, 3.63) is 68.9 Å². The predicted molar refractivity (Wildman–Crippen MR) is 90.2 cm³/mol. The Morgan fingerprint density at radius 3 is 2.40 bits per heavy atom. The van der Waals surface area contributed by atoms with Crippen LogP contribution in [0.5, 0.6) is 0 Å². The lowest BCUT2D eigenvalue weighted by Gasteiger charge is -2.15. The smallest absolute Gasteiger partial charge is 0.127 e. The number of benzene rings is 2. The standard InChI is InChI=1S/C16H14Br2ClF/c17-10-11(7-12-3-1-2-4-15(12)19)8-13-5-6-14(18)9-16(13)20/h1-6,9,11H,7-8,10H2. The lowest BCUT2D eigenvalue weighted by Crippen LogP contribution is -2.11. The molecule has 0 fully saturated rings. The maximum absolute atomic E-state index is 13.9. The molecule has 2 rings (SSSR count). The van der Waals surface area contributed by atoms with Gasteiger partial charge in [-0.3, -0.25) is 0 Å². The van der Waals surface area contributed by atoms with E-state index in [1.165, 1.54) is 6.07 Å². The van der Waals surface area contributed by atoms with E-state index in [0.717, 1.165) is 32.4 Å². The molecule has 0 aromatic heterocycles. The van der Waals surface area contributed by atoms with Gasteiger partial charge in [0.2, 0.25) is 0 Å². The predicted octanol–water partition coefficient (Wildman–Crippen LogP) is 6.04. The first kappa shape index (κ1) is 16.0. The molecule has 0 amide bonds. The molecule has 4 heteroatoms. The van der Waals surface area contributed by atoms with Gasteiger partial charge in [-0.2, -0.15) is 0 Å². The van der Waals surface area contributed by atoms with Gasteiger partial charge in [-0.1, -0.05) is 67.7 Å². The maximum Gasteiger partial charge on any atom is 0.127 e. The van der Waals surface area contributed by atoms with Crippen molar-refractivity contribution in [2.75, 3.05) is 5.33 Å². The average Bonchev–Trinajstić information content (AvgIpc) is 2.43. The number of hydrogen-bond acceptors (Lipinski definition) is 0. The van der Waals surface area contributed by atoms with E-state index in [4.69, 9.17) is 11.6 Å².